The molecule has 0 aliphatic heterocycles. The third kappa shape index (κ3) is 4.63. The predicted molar refractivity (Wildman–Crippen MR) is 101 cm³/mol. The highest BCUT2D eigenvalue weighted by molar-refractivity contribution is 8.00. The summed E-state index contributed by atoms with van der Waals surface area (Å²) in [5, 5.41) is 12.4. The average Bonchev–Trinajstić information content (AvgIpc) is 2.83. The second-order valence-electron chi connectivity index (χ2n) is 6.69. The Kier molecular flexibility index (Phi) is 6.13. The van der Waals surface area contributed by atoms with Crippen LogP contribution >= 0.6 is 11.8 Å². The maximum Gasteiger partial charge on any atom is 0.233 e. The minimum Gasteiger partial charge on any atom is -0.352 e. The molecule has 1 aliphatic rings. The summed E-state index contributed by atoms with van der Waals surface area (Å²) in [7, 11) is 1.95. The van der Waals surface area contributed by atoms with Crippen molar-refractivity contribution < 1.29 is 4.79 Å². The standard InChI is InChI=1S/C19H26N4OS/c1-14(18(24)20-16-12-8-3-4-9-13-16)25-19-22-21-17(23(19)2)15-10-6-5-7-11-15/h5-7,10-11,14,16H,3-4,8-9,12-13H2,1-2H3,(H,20,24)/t14-/m0/s1. The molecule has 0 saturated heterocycles. The van der Waals surface area contributed by atoms with Gasteiger partial charge < -0.3 is 9.88 Å². The van der Waals surface area contributed by atoms with Crippen molar-refractivity contribution >= 4 is 17.7 Å². The number of thioether (sulfide) groups is 1. The van der Waals surface area contributed by atoms with Gasteiger partial charge in [-0.15, -0.1) is 10.2 Å². The number of rotatable bonds is 5. The summed E-state index contributed by atoms with van der Waals surface area (Å²) >= 11 is 1.46. The molecule has 1 saturated carbocycles. The van der Waals surface area contributed by atoms with E-state index < -0.39 is 0 Å². The lowest BCUT2D eigenvalue weighted by atomic mass is 10.1. The zero-order valence-corrected chi connectivity index (χ0v) is 15.8. The average molecular weight is 359 g/mol. The summed E-state index contributed by atoms with van der Waals surface area (Å²) in [5.41, 5.74) is 1.03. The Morgan fingerprint density at radius 1 is 1.16 bits per heavy atom. The van der Waals surface area contributed by atoms with E-state index in [1.54, 1.807) is 0 Å². The zero-order chi connectivity index (χ0) is 17.6. The van der Waals surface area contributed by atoms with Crippen molar-refractivity contribution in [2.75, 3.05) is 0 Å². The van der Waals surface area contributed by atoms with Crippen LogP contribution < -0.4 is 5.32 Å². The largest absolute Gasteiger partial charge is 0.352 e. The van der Waals surface area contributed by atoms with Crippen molar-refractivity contribution in [3.05, 3.63) is 30.3 Å². The fourth-order valence-electron chi connectivity index (χ4n) is 3.21. The van der Waals surface area contributed by atoms with Gasteiger partial charge in [0.25, 0.3) is 0 Å². The molecular formula is C19H26N4OS. The molecule has 1 atom stereocenters. The van der Waals surface area contributed by atoms with E-state index in [4.69, 9.17) is 0 Å². The molecule has 0 radical (unpaired) electrons. The summed E-state index contributed by atoms with van der Waals surface area (Å²) < 4.78 is 1.95. The van der Waals surface area contributed by atoms with Gasteiger partial charge in [0.15, 0.2) is 11.0 Å². The zero-order valence-electron chi connectivity index (χ0n) is 14.9. The van der Waals surface area contributed by atoms with E-state index in [1.807, 2.05) is 48.9 Å². The van der Waals surface area contributed by atoms with Gasteiger partial charge in [0.05, 0.1) is 5.25 Å². The molecule has 6 heteroatoms. The second kappa shape index (κ2) is 8.52. The van der Waals surface area contributed by atoms with Crippen LogP contribution in [-0.4, -0.2) is 32.0 Å². The molecule has 0 unspecified atom stereocenters. The first-order valence-corrected chi connectivity index (χ1v) is 9.95. The molecule has 134 valence electrons. The molecule has 3 rings (SSSR count). The van der Waals surface area contributed by atoms with E-state index in [-0.39, 0.29) is 11.2 Å². The van der Waals surface area contributed by atoms with Crippen LogP contribution in [0, 0.1) is 0 Å². The number of hydrogen-bond donors (Lipinski definition) is 1. The molecule has 1 N–H and O–H groups in total. The van der Waals surface area contributed by atoms with Gasteiger partial charge in [-0.2, -0.15) is 0 Å². The lowest BCUT2D eigenvalue weighted by molar-refractivity contribution is -0.121. The maximum atomic E-state index is 12.5. The summed E-state index contributed by atoms with van der Waals surface area (Å²) in [4.78, 5) is 12.5. The van der Waals surface area contributed by atoms with Crippen LogP contribution in [0.4, 0.5) is 0 Å². The molecule has 1 aromatic carbocycles. The van der Waals surface area contributed by atoms with Crippen molar-refractivity contribution in [2.24, 2.45) is 7.05 Å². The van der Waals surface area contributed by atoms with Gasteiger partial charge in [-0.25, -0.2) is 0 Å². The van der Waals surface area contributed by atoms with Gasteiger partial charge in [-0.3, -0.25) is 4.79 Å². The van der Waals surface area contributed by atoms with Crippen molar-refractivity contribution in [3.63, 3.8) is 0 Å². The molecule has 1 aliphatic carbocycles. The Hall–Kier alpha value is -1.82. The Morgan fingerprint density at radius 3 is 2.52 bits per heavy atom. The first-order valence-electron chi connectivity index (χ1n) is 9.07. The van der Waals surface area contributed by atoms with Gasteiger partial charge >= 0.3 is 0 Å². The lowest BCUT2D eigenvalue weighted by Gasteiger charge is -2.19. The van der Waals surface area contributed by atoms with E-state index >= 15 is 0 Å². The highest BCUT2D eigenvalue weighted by atomic mass is 32.2. The molecule has 25 heavy (non-hydrogen) atoms. The molecule has 0 spiro atoms. The minimum atomic E-state index is -0.185. The molecule has 1 heterocycles. The van der Waals surface area contributed by atoms with E-state index in [2.05, 4.69) is 15.5 Å². The number of nitrogens with zero attached hydrogens (tertiary/aromatic N) is 3. The quantitative estimate of drug-likeness (QED) is 0.652. The fourth-order valence-corrected chi connectivity index (χ4v) is 4.03. The van der Waals surface area contributed by atoms with Crippen LogP contribution in [0.3, 0.4) is 0 Å². The minimum absolute atomic E-state index is 0.0983. The smallest absolute Gasteiger partial charge is 0.233 e. The first kappa shape index (κ1) is 18.0. The van der Waals surface area contributed by atoms with Gasteiger partial charge in [0.1, 0.15) is 0 Å². The SMILES string of the molecule is C[C@H](Sc1nnc(-c2ccccc2)n1C)C(=O)NC1CCCCCC1. The first-order chi connectivity index (χ1) is 12.1. The van der Waals surface area contributed by atoms with Crippen molar-refractivity contribution in [3.8, 4) is 11.4 Å². The third-order valence-electron chi connectivity index (χ3n) is 4.72. The van der Waals surface area contributed by atoms with Gasteiger partial charge in [0, 0.05) is 18.7 Å². The van der Waals surface area contributed by atoms with Crippen molar-refractivity contribution in [1.29, 1.82) is 0 Å². The normalized spacial score (nSPS) is 17.0. The molecule has 1 aromatic heterocycles. The lowest BCUT2D eigenvalue weighted by Crippen LogP contribution is -2.39. The maximum absolute atomic E-state index is 12.5. The monoisotopic (exact) mass is 358 g/mol. The number of carbonyl (C=O) groups is 1. The van der Waals surface area contributed by atoms with E-state index in [0.717, 1.165) is 29.4 Å². The van der Waals surface area contributed by atoms with Gasteiger partial charge in [-0.1, -0.05) is 67.8 Å². The summed E-state index contributed by atoms with van der Waals surface area (Å²) in [5.74, 6) is 0.917. The Labute approximate surface area is 153 Å². The fraction of sp³-hybridized carbons (Fsp3) is 0.526. The number of aromatic nitrogens is 3. The van der Waals surface area contributed by atoms with Crippen LogP contribution in [0.1, 0.15) is 45.4 Å². The molecule has 5 nitrogen and oxygen atoms in total. The number of nitrogens with one attached hydrogen (secondary N) is 1. The van der Waals surface area contributed by atoms with Gasteiger partial charge in [-0.05, 0) is 19.8 Å². The summed E-state index contributed by atoms with van der Waals surface area (Å²) in [6.07, 6.45) is 7.22. The summed E-state index contributed by atoms with van der Waals surface area (Å²) in [6, 6.07) is 10.3. The molecule has 1 amide bonds. The number of benzene rings is 1. The Balaban J connectivity index is 1.62. The van der Waals surface area contributed by atoms with E-state index in [0.29, 0.717) is 6.04 Å². The second-order valence-corrected chi connectivity index (χ2v) is 8.00. The van der Waals surface area contributed by atoms with Crippen molar-refractivity contribution in [2.45, 2.75) is 61.9 Å². The summed E-state index contributed by atoms with van der Waals surface area (Å²) in [6.45, 7) is 1.94. The van der Waals surface area contributed by atoms with E-state index in [9.17, 15) is 4.79 Å². The predicted octanol–water partition coefficient (Wildman–Crippen LogP) is 3.80. The molecule has 1 fully saturated rings. The molecule has 0 bridgehead atoms. The van der Waals surface area contributed by atoms with Crippen LogP contribution in [0.25, 0.3) is 11.4 Å². The molecular weight excluding hydrogens is 332 g/mol. The number of amides is 1. The third-order valence-corrected chi connectivity index (χ3v) is 5.85. The van der Waals surface area contributed by atoms with Gasteiger partial charge in [0.2, 0.25) is 5.91 Å². The highest BCUT2D eigenvalue weighted by Crippen LogP contribution is 2.26. The number of carbonyl (C=O) groups excluding carboxylic acids is 1. The Bertz CT molecular complexity index is 693. The topological polar surface area (TPSA) is 59.8 Å². The van der Waals surface area contributed by atoms with Crippen molar-refractivity contribution in [1.82, 2.24) is 20.1 Å². The highest BCUT2D eigenvalue weighted by Gasteiger charge is 2.22. The van der Waals surface area contributed by atoms with E-state index in [1.165, 1.54) is 37.4 Å². The number of hydrogen-bond acceptors (Lipinski definition) is 4. The van der Waals surface area contributed by atoms with Crippen LogP contribution in [-0.2, 0) is 11.8 Å². The Morgan fingerprint density at radius 2 is 1.84 bits per heavy atom. The van der Waals surface area contributed by atoms with Crippen LogP contribution in [0.5, 0.6) is 0 Å². The van der Waals surface area contributed by atoms with Crippen LogP contribution in [0.2, 0.25) is 0 Å². The molecule has 2 aromatic rings. The van der Waals surface area contributed by atoms with Crippen LogP contribution in [0.15, 0.2) is 35.5 Å².